The summed E-state index contributed by atoms with van der Waals surface area (Å²) in [7, 11) is 2.20. The third-order valence-corrected chi connectivity index (χ3v) is 5.61. The molecule has 0 aliphatic carbocycles. The molecule has 0 bridgehead atoms. The second kappa shape index (κ2) is 6.65. The molecule has 1 fully saturated rings. The van der Waals surface area contributed by atoms with Crippen molar-refractivity contribution < 1.29 is 0 Å². The molecule has 0 saturated carbocycles. The van der Waals surface area contributed by atoms with E-state index in [9.17, 15) is 0 Å². The molecule has 4 heterocycles. The number of hydrogen-bond acceptors (Lipinski definition) is 5. The van der Waals surface area contributed by atoms with Gasteiger partial charge in [-0.25, -0.2) is 0 Å². The Morgan fingerprint density at radius 1 is 1.15 bits per heavy atom. The van der Waals surface area contributed by atoms with E-state index in [1.807, 2.05) is 0 Å². The quantitative estimate of drug-likeness (QED) is 0.845. The van der Waals surface area contributed by atoms with Crippen molar-refractivity contribution >= 4 is 5.82 Å². The molecule has 6 heteroatoms. The molecule has 0 spiro atoms. The van der Waals surface area contributed by atoms with Crippen LogP contribution in [0.5, 0.6) is 0 Å². The lowest BCUT2D eigenvalue weighted by molar-refractivity contribution is 0.194. The molecule has 26 heavy (non-hydrogen) atoms. The molecule has 6 nitrogen and oxygen atoms in total. The largest absolute Gasteiger partial charge is 0.352 e. The SMILES string of the molecule is CN(Cc1cc2n(n1)CCCC2)C1CN(c2ccc(C(C)(C)C)nn2)C1. The van der Waals surface area contributed by atoms with Crippen molar-refractivity contribution in [2.24, 2.45) is 0 Å². The molecule has 4 rings (SSSR count). The highest BCUT2D eigenvalue weighted by molar-refractivity contribution is 5.42. The van der Waals surface area contributed by atoms with Gasteiger partial charge in [0.25, 0.3) is 0 Å². The summed E-state index contributed by atoms with van der Waals surface area (Å²) in [5.74, 6) is 0.986. The first-order chi connectivity index (χ1) is 12.4. The summed E-state index contributed by atoms with van der Waals surface area (Å²) in [6, 6.07) is 7.06. The summed E-state index contributed by atoms with van der Waals surface area (Å²) < 4.78 is 2.20. The van der Waals surface area contributed by atoms with Crippen LogP contribution in [0.3, 0.4) is 0 Å². The molecule has 0 N–H and O–H groups in total. The van der Waals surface area contributed by atoms with Crippen LogP contribution in [-0.2, 0) is 24.9 Å². The van der Waals surface area contributed by atoms with Gasteiger partial charge in [0.05, 0.1) is 11.4 Å². The number of rotatable bonds is 4. The maximum Gasteiger partial charge on any atom is 0.151 e. The zero-order valence-electron chi connectivity index (χ0n) is 16.4. The molecule has 2 aliphatic heterocycles. The number of nitrogens with zero attached hydrogens (tertiary/aromatic N) is 6. The molecule has 0 radical (unpaired) electrons. The zero-order valence-corrected chi connectivity index (χ0v) is 16.4. The third kappa shape index (κ3) is 3.47. The van der Waals surface area contributed by atoms with Crippen molar-refractivity contribution in [1.82, 2.24) is 24.9 Å². The second-order valence-electron chi connectivity index (χ2n) is 8.81. The molecule has 140 valence electrons. The second-order valence-corrected chi connectivity index (χ2v) is 8.81. The minimum Gasteiger partial charge on any atom is -0.352 e. The van der Waals surface area contributed by atoms with Gasteiger partial charge < -0.3 is 4.90 Å². The minimum atomic E-state index is 0.0486. The first kappa shape index (κ1) is 17.5. The summed E-state index contributed by atoms with van der Waals surface area (Å²) in [6.07, 6.45) is 3.74. The lowest BCUT2D eigenvalue weighted by atomic mass is 9.92. The van der Waals surface area contributed by atoms with E-state index in [1.165, 1.54) is 30.7 Å². The fourth-order valence-corrected chi connectivity index (χ4v) is 3.75. The van der Waals surface area contributed by atoms with E-state index in [0.717, 1.165) is 37.7 Å². The van der Waals surface area contributed by atoms with Crippen molar-refractivity contribution in [1.29, 1.82) is 0 Å². The Morgan fingerprint density at radius 2 is 1.96 bits per heavy atom. The maximum atomic E-state index is 4.78. The van der Waals surface area contributed by atoms with Crippen LogP contribution in [0.4, 0.5) is 5.82 Å². The van der Waals surface area contributed by atoms with Gasteiger partial charge >= 0.3 is 0 Å². The molecule has 0 atom stereocenters. The van der Waals surface area contributed by atoms with Crippen molar-refractivity contribution in [3.05, 3.63) is 35.3 Å². The van der Waals surface area contributed by atoms with Crippen LogP contribution < -0.4 is 4.90 Å². The van der Waals surface area contributed by atoms with Gasteiger partial charge in [0, 0.05) is 43.3 Å². The number of likely N-dealkylation sites (N-methyl/N-ethyl adjacent to an activating group) is 1. The van der Waals surface area contributed by atoms with Gasteiger partial charge in [0.1, 0.15) is 0 Å². The van der Waals surface area contributed by atoms with Crippen LogP contribution in [0.1, 0.15) is 50.7 Å². The first-order valence-corrected chi connectivity index (χ1v) is 9.75. The van der Waals surface area contributed by atoms with E-state index in [4.69, 9.17) is 5.10 Å². The number of aryl methyl sites for hydroxylation is 2. The van der Waals surface area contributed by atoms with Crippen molar-refractivity contribution in [3.8, 4) is 0 Å². The molecular weight excluding hydrogens is 324 g/mol. The van der Waals surface area contributed by atoms with E-state index < -0.39 is 0 Å². The van der Waals surface area contributed by atoms with E-state index in [0.29, 0.717) is 6.04 Å². The number of hydrogen-bond donors (Lipinski definition) is 0. The molecule has 2 aliphatic rings. The van der Waals surface area contributed by atoms with Crippen LogP contribution >= 0.6 is 0 Å². The Bertz CT molecular complexity index is 728. The van der Waals surface area contributed by atoms with Crippen molar-refractivity contribution in [2.75, 3.05) is 25.0 Å². The average Bonchev–Trinajstić information content (AvgIpc) is 2.95. The topological polar surface area (TPSA) is 50.1 Å². The van der Waals surface area contributed by atoms with E-state index in [2.05, 4.69) is 70.7 Å². The smallest absolute Gasteiger partial charge is 0.151 e. The Hall–Kier alpha value is -1.95. The predicted molar refractivity (Wildman–Crippen MR) is 103 cm³/mol. The van der Waals surface area contributed by atoms with Gasteiger partial charge in [-0.2, -0.15) is 10.2 Å². The van der Waals surface area contributed by atoms with E-state index in [-0.39, 0.29) is 5.41 Å². The fourth-order valence-electron chi connectivity index (χ4n) is 3.75. The first-order valence-electron chi connectivity index (χ1n) is 9.75. The van der Waals surface area contributed by atoms with Crippen LogP contribution in [0.25, 0.3) is 0 Å². The van der Waals surface area contributed by atoms with Crippen LogP contribution in [0.15, 0.2) is 18.2 Å². The number of anilines is 1. The normalized spacial score (nSPS) is 18.1. The van der Waals surface area contributed by atoms with E-state index in [1.54, 1.807) is 0 Å². The highest BCUT2D eigenvalue weighted by Crippen LogP contribution is 2.25. The lowest BCUT2D eigenvalue weighted by Gasteiger charge is -2.44. The van der Waals surface area contributed by atoms with Gasteiger partial charge in [0.15, 0.2) is 5.82 Å². The Balaban J connectivity index is 1.32. The van der Waals surface area contributed by atoms with Gasteiger partial charge in [-0.15, -0.1) is 5.10 Å². The van der Waals surface area contributed by atoms with Crippen LogP contribution in [0.2, 0.25) is 0 Å². The Labute approximate surface area is 156 Å². The monoisotopic (exact) mass is 354 g/mol. The summed E-state index contributed by atoms with van der Waals surface area (Å²) in [5.41, 5.74) is 3.70. The van der Waals surface area contributed by atoms with Crippen LogP contribution in [0, 0.1) is 0 Å². The molecular formula is C20H30N6. The van der Waals surface area contributed by atoms with Crippen molar-refractivity contribution in [3.63, 3.8) is 0 Å². The summed E-state index contributed by atoms with van der Waals surface area (Å²) in [6.45, 7) is 10.5. The Morgan fingerprint density at radius 3 is 2.62 bits per heavy atom. The zero-order chi connectivity index (χ0) is 18.3. The maximum absolute atomic E-state index is 4.78. The van der Waals surface area contributed by atoms with Crippen molar-refractivity contribution in [2.45, 2.75) is 64.6 Å². The van der Waals surface area contributed by atoms with Gasteiger partial charge in [-0.05, 0) is 44.5 Å². The molecule has 1 saturated heterocycles. The minimum absolute atomic E-state index is 0.0486. The molecule has 2 aromatic rings. The standard InChI is InChI=1S/C20H30N6/c1-20(2,3)18-8-9-19(22-21-18)25-13-17(14-25)24(4)12-15-11-16-7-5-6-10-26(16)23-15/h8-9,11,17H,5-7,10,12-14H2,1-4H3. The molecule has 0 aromatic carbocycles. The Kier molecular flexibility index (Phi) is 4.47. The highest BCUT2D eigenvalue weighted by Gasteiger charge is 2.31. The summed E-state index contributed by atoms with van der Waals surface area (Å²) >= 11 is 0. The van der Waals surface area contributed by atoms with E-state index >= 15 is 0 Å². The average molecular weight is 355 g/mol. The molecule has 0 unspecified atom stereocenters. The number of fused-ring (bicyclic) bond motifs is 1. The molecule has 0 amide bonds. The predicted octanol–water partition coefficient (Wildman–Crippen LogP) is 2.63. The highest BCUT2D eigenvalue weighted by atomic mass is 15.4. The third-order valence-electron chi connectivity index (χ3n) is 5.61. The van der Waals surface area contributed by atoms with Gasteiger partial charge in [0.2, 0.25) is 0 Å². The van der Waals surface area contributed by atoms with Crippen LogP contribution in [-0.4, -0.2) is 51.1 Å². The lowest BCUT2D eigenvalue weighted by Crippen LogP contribution is -2.58. The fraction of sp³-hybridized carbons (Fsp3) is 0.650. The molecule has 2 aromatic heterocycles. The van der Waals surface area contributed by atoms with Gasteiger partial charge in [-0.1, -0.05) is 20.8 Å². The summed E-state index contributed by atoms with van der Waals surface area (Å²) in [5, 5.41) is 13.6. The summed E-state index contributed by atoms with van der Waals surface area (Å²) in [4.78, 5) is 4.72. The van der Waals surface area contributed by atoms with Gasteiger partial charge in [-0.3, -0.25) is 9.58 Å². The number of aromatic nitrogens is 4.